The van der Waals surface area contributed by atoms with Gasteiger partial charge in [0.05, 0.1) is 0 Å². The van der Waals surface area contributed by atoms with Gasteiger partial charge in [0.1, 0.15) is 11.5 Å². The number of nitrogens with zero attached hydrogens (tertiary/aromatic N) is 1. The minimum atomic E-state index is -0.694. The molecular formula is C27H35N3O3. The molecule has 2 amide bonds. The molecule has 33 heavy (non-hydrogen) atoms. The topological polar surface area (TPSA) is 84.7 Å². The molecule has 1 aliphatic heterocycles. The largest absolute Gasteiger partial charge is 0.445 e. The highest BCUT2D eigenvalue weighted by Crippen LogP contribution is 2.51. The smallest absolute Gasteiger partial charge is 0.404 e. The van der Waals surface area contributed by atoms with Crippen LogP contribution in [-0.4, -0.2) is 49.2 Å². The molecule has 0 radical (unpaired) electrons. The van der Waals surface area contributed by atoms with Crippen LogP contribution in [0.5, 0.6) is 0 Å². The molecule has 0 spiro atoms. The number of piperidine rings is 1. The quantitative estimate of drug-likeness (QED) is 0.562. The Labute approximate surface area is 196 Å². The maximum absolute atomic E-state index is 13.7. The van der Waals surface area contributed by atoms with Gasteiger partial charge >= 0.3 is 6.09 Å². The predicted molar refractivity (Wildman–Crippen MR) is 130 cm³/mol. The van der Waals surface area contributed by atoms with Crippen LogP contribution in [0.2, 0.25) is 0 Å². The van der Waals surface area contributed by atoms with Crippen LogP contribution in [0.1, 0.15) is 56.6 Å². The number of carbonyl (C=O) groups excluding carboxylic acids is 2. The van der Waals surface area contributed by atoms with Crippen molar-refractivity contribution >= 4 is 12.0 Å². The van der Waals surface area contributed by atoms with Crippen molar-refractivity contribution in [2.75, 3.05) is 26.2 Å². The number of likely N-dealkylation sites (tertiary alicyclic amines) is 1. The Bertz CT molecular complexity index is 945. The summed E-state index contributed by atoms with van der Waals surface area (Å²) in [5.74, 6) is 0.106. The molecule has 6 heteroatoms. The second-order valence-corrected chi connectivity index (χ2v) is 9.21. The maximum Gasteiger partial charge on any atom is 0.404 e. The fraction of sp³-hybridized carbons (Fsp3) is 0.481. The van der Waals surface area contributed by atoms with E-state index in [4.69, 9.17) is 10.5 Å². The predicted octanol–water partition coefficient (Wildman–Crippen LogP) is 4.21. The number of rotatable bonds is 9. The monoisotopic (exact) mass is 449 g/mol. The fourth-order valence-corrected chi connectivity index (χ4v) is 5.54. The lowest BCUT2D eigenvalue weighted by atomic mass is 9.73. The first-order valence-corrected chi connectivity index (χ1v) is 12.2. The lowest BCUT2D eigenvalue weighted by Gasteiger charge is -2.33. The van der Waals surface area contributed by atoms with E-state index in [1.165, 1.54) is 11.1 Å². The summed E-state index contributed by atoms with van der Waals surface area (Å²) in [6.45, 7) is 5.43. The molecule has 2 aromatic carbocycles. The molecule has 2 aromatic rings. The van der Waals surface area contributed by atoms with Gasteiger partial charge in [-0.05, 0) is 67.4 Å². The van der Waals surface area contributed by atoms with Crippen molar-refractivity contribution in [3.8, 4) is 11.1 Å². The second-order valence-electron chi connectivity index (χ2n) is 9.21. The van der Waals surface area contributed by atoms with Crippen LogP contribution >= 0.6 is 0 Å². The van der Waals surface area contributed by atoms with Crippen LogP contribution in [0, 0.1) is 0 Å². The summed E-state index contributed by atoms with van der Waals surface area (Å²) in [6.07, 6.45) is 4.66. The number of benzene rings is 2. The lowest BCUT2D eigenvalue weighted by Crippen LogP contribution is -2.45. The molecule has 3 N–H and O–H groups in total. The Kier molecular flexibility index (Phi) is 7.33. The molecule has 1 unspecified atom stereocenters. The SMILES string of the molecule is CCCNC(=O)C1(CCCCN2CCCC(OC(N)=O)C2)c2ccccc2-c2ccccc21. The normalized spacial score (nSPS) is 18.9. The lowest BCUT2D eigenvalue weighted by molar-refractivity contribution is -0.125. The van der Waals surface area contributed by atoms with Crippen molar-refractivity contribution in [3.63, 3.8) is 0 Å². The highest BCUT2D eigenvalue weighted by atomic mass is 16.6. The van der Waals surface area contributed by atoms with Crippen molar-refractivity contribution in [2.24, 2.45) is 5.73 Å². The third-order valence-corrected chi connectivity index (χ3v) is 7.01. The van der Waals surface area contributed by atoms with Crippen molar-refractivity contribution in [1.82, 2.24) is 10.2 Å². The molecular weight excluding hydrogens is 414 g/mol. The van der Waals surface area contributed by atoms with Gasteiger partial charge in [0.25, 0.3) is 0 Å². The highest BCUT2D eigenvalue weighted by Gasteiger charge is 2.48. The van der Waals surface area contributed by atoms with Crippen LogP contribution in [-0.2, 0) is 14.9 Å². The van der Waals surface area contributed by atoms with Crippen LogP contribution in [0.25, 0.3) is 11.1 Å². The molecule has 2 aliphatic rings. The number of nitrogens with two attached hydrogens (primary N) is 1. The Morgan fingerprint density at radius 2 is 1.76 bits per heavy atom. The summed E-state index contributed by atoms with van der Waals surface area (Å²) in [7, 11) is 0. The summed E-state index contributed by atoms with van der Waals surface area (Å²) in [5, 5.41) is 3.20. The molecule has 4 rings (SSSR count). The van der Waals surface area contributed by atoms with E-state index in [1.807, 2.05) is 12.1 Å². The zero-order valence-electron chi connectivity index (χ0n) is 19.5. The van der Waals surface area contributed by atoms with E-state index < -0.39 is 11.5 Å². The molecule has 0 saturated carbocycles. The highest BCUT2D eigenvalue weighted by molar-refractivity contribution is 6.00. The molecule has 1 saturated heterocycles. The van der Waals surface area contributed by atoms with Crippen molar-refractivity contribution in [2.45, 2.75) is 57.0 Å². The number of primary amides is 1. The Hall–Kier alpha value is -2.86. The van der Waals surface area contributed by atoms with Crippen LogP contribution in [0.3, 0.4) is 0 Å². The maximum atomic E-state index is 13.7. The summed E-state index contributed by atoms with van der Waals surface area (Å²) in [4.78, 5) is 27.2. The molecule has 1 aliphatic carbocycles. The van der Waals surface area contributed by atoms with Gasteiger partial charge in [0.2, 0.25) is 5.91 Å². The number of fused-ring (bicyclic) bond motifs is 3. The van der Waals surface area contributed by atoms with E-state index in [9.17, 15) is 9.59 Å². The third kappa shape index (κ3) is 4.76. The first-order valence-electron chi connectivity index (χ1n) is 12.2. The molecule has 1 heterocycles. The van der Waals surface area contributed by atoms with Gasteiger partial charge in [-0.15, -0.1) is 0 Å². The Morgan fingerprint density at radius 1 is 1.09 bits per heavy atom. The Morgan fingerprint density at radius 3 is 2.39 bits per heavy atom. The average Bonchev–Trinajstić information content (AvgIpc) is 3.11. The fourth-order valence-electron chi connectivity index (χ4n) is 5.54. The number of hydrogen-bond acceptors (Lipinski definition) is 4. The second kappa shape index (κ2) is 10.4. The number of hydrogen-bond donors (Lipinski definition) is 2. The molecule has 1 atom stereocenters. The number of amides is 2. The van der Waals surface area contributed by atoms with Gasteiger partial charge in [-0.2, -0.15) is 0 Å². The summed E-state index contributed by atoms with van der Waals surface area (Å²) < 4.78 is 5.22. The summed E-state index contributed by atoms with van der Waals surface area (Å²) in [6, 6.07) is 16.7. The van der Waals surface area contributed by atoms with Gasteiger partial charge in [0, 0.05) is 13.1 Å². The van der Waals surface area contributed by atoms with E-state index in [2.05, 4.69) is 53.5 Å². The van der Waals surface area contributed by atoms with Crippen LogP contribution in [0.15, 0.2) is 48.5 Å². The summed E-state index contributed by atoms with van der Waals surface area (Å²) >= 11 is 0. The van der Waals surface area contributed by atoms with Crippen LogP contribution < -0.4 is 11.1 Å². The van der Waals surface area contributed by atoms with E-state index in [-0.39, 0.29) is 12.0 Å². The third-order valence-electron chi connectivity index (χ3n) is 7.01. The van der Waals surface area contributed by atoms with Gasteiger partial charge in [-0.25, -0.2) is 4.79 Å². The number of unbranched alkanes of at least 4 members (excludes halogenated alkanes) is 1. The van der Waals surface area contributed by atoms with Gasteiger partial charge in [-0.1, -0.05) is 61.9 Å². The van der Waals surface area contributed by atoms with Crippen molar-refractivity contribution in [1.29, 1.82) is 0 Å². The molecule has 0 bridgehead atoms. The first kappa shape index (κ1) is 23.3. The van der Waals surface area contributed by atoms with Crippen LogP contribution in [0.4, 0.5) is 4.79 Å². The number of nitrogens with one attached hydrogen (secondary N) is 1. The van der Waals surface area contributed by atoms with Gasteiger partial charge < -0.3 is 15.8 Å². The summed E-state index contributed by atoms with van der Waals surface area (Å²) in [5.41, 5.74) is 9.12. The van der Waals surface area contributed by atoms with Gasteiger partial charge in [0.15, 0.2) is 0 Å². The van der Waals surface area contributed by atoms with E-state index in [1.54, 1.807) is 0 Å². The van der Waals surface area contributed by atoms with Crippen molar-refractivity contribution in [3.05, 3.63) is 59.7 Å². The molecule has 176 valence electrons. The zero-order chi connectivity index (χ0) is 23.3. The standard InChI is InChI=1S/C27H35N3O3/c1-2-16-29-25(31)27(15-7-8-17-30-18-9-10-20(19-30)33-26(28)32)23-13-5-3-11-21(23)22-12-4-6-14-24(22)27/h3-6,11-14,20H,2,7-10,15-19H2,1H3,(H2,28,32)(H,29,31). The molecule has 6 nitrogen and oxygen atoms in total. The van der Waals surface area contributed by atoms with Crippen molar-refractivity contribution < 1.29 is 14.3 Å². The Balaban J connectivity index is 1.50. The van der Waals surface area contributed by atoms with E-state index >= 15 is 0 Å². The number of ether oxygens (including phenoxy) is 1. The molecule has 0 aromatic heterocycles. The average molecular weight is 450 g/mol. The van der Waals surface area contributed by atoms with E-state index in [0.29, 0.717) is 6.54 Å². The molecule has 1 fully saturated rings. The number of carbonyl (C=O) groups is 2. The first-order chi connectivity index (χ1) is 16.1. The minimum absolute atomic E-state index is 0.106. The zero-order valence-corrected chi connectivity index (χ0v) is 19.5. The van der Waals surface area contributed by atoms with E-state index in [0.717, 1.165) is 69.3 Å². The van der Waals surface area contributed by atoms with Gasteiger partial charge in [-0.3, -0.25) is 9.69 Å². The minimum Gasteiger partial charge on any atom is -0.445 e.